The number of carboxylic acids is 1. The van der Waals surface area contributed by atoms with Crippen LogP contribution in [0, 0.1) is 11.8 Å². The van der Waals surface area contributed by atoms with Crippen LogP contribution in [0.4, 0.5) is 5.69 Å². The number of carboxylic acid groups (broad SMARTS) is 1. The lowest BCUT2D eigenvalue weighted by molar-refractivity contribution is -0.137. The van der Waals surface area contributed by atoms with Crippen LogP contribution >= 0.6 is 0 Å². The van der Waals surface area contributed by atoms with Crippen LogP contribution in [0.1, 0.15) is 32.6 Å². The average molecular weight is 291 g/mol. The van der Waals surface area contributed by atoms with E-state index in [1.165, 1.54) is 17.0 Å². The lowest BCUT2D eigenvalue weighted by Gasteiger charge is -2.30. The minimum Gasteiger partial charge on any atom is -0.508 e. The van der Waals surface area contributed by atoms with Crippen LogP contribution in [-0.4, -0.2) is 28.6 Å². The summed E-state index contributed by atoms with van der Waals surface area (Å²) in [5.41, 5.74) is 0.513. The summed E-state index contributed by atoms with van der Waals surface area (Å²) in [7, 11) is 0. The zero-order valence-corrected chi connectivity index (χ0v) is 12.2. The summed E-state index contributed by atoms with van der Waals surface area (Å²) in [5, 5.41) is 18.4. The molecule has 0 radical (unpaired) electrons. The number of phenolic OH excluding ortho intramolecular Hbond substituents is 1. The number of carbonyl (C=O) groups excluding carboxylic acids is 1. The van der Waals surface area contributed by atoms with Crippen LogP contribution in [0.15, 0.2) is 24.3 Å². The van der Waals surface area contributed by atoms with E-state index in [4.69, 9.17) is 5.11 Å². The predicted molar refractivity (Wildman–Crippen MR) is 79.2 cm³/mol. The van der Waals surface area contributed by atoms with Crippen molar-refractivity contribution in [1.82, 2.24) is 0 Å². The molecule has 1 aromatic rings. The van der Waals surface area contributed by atoms with E-state index < -0.39 is 5.97 Å². The van der Waals surface area contributed by atoms with E-state index in [0.717, 1.165) is 25.7 Å². The lowest BCUT2D eigenvalue weighted by Crippen LogP contribution is -2.40. The molecule has 1 amide bonds. The highest BCUT2D eigenvalue weighted by Gasteiger charge is 2.29. The molecular formula is C16H21NO4. The first kappa shape index (κ1) is 15.4. The second-order valence-corrected chi connectivity index (χ2v) is 5.79. The Kier molecular flexibility index (Phi) is 4.83. The van der Waals surface area contributed by atoms with Crippen molar-refractivity contribution < 1.29 is 19.8 Å². The Balaban J connectivity index is 2.17. The fourth-order valence-corrected chi connectivity index (χ4v) is 2.79. The first-order chi connectivity index (χ1) is 9.97. The van der Waals surface area contributed by atoms with E-state index in [2.05, 4.69) is 6.92 Å². The molecule has 0 saturated heterocycles. The van der Waals surface area contributed by atoms with Gasteiger partial charge < -0.3 is 15.1 Å². The summed E-state index contributed by atoms with van der Waals surface area (Å²) >= 11 is 0. The maximum absolute atomic E-state index is 12.6. The highest BCUT2D eigenvalue weighted by molar-refractivity contribution is 5.98. The molecule has 1 aliphatic rings. The topological polar surface area (TPSA) is 77.8 Å². The Morgan fingerprint density at radius 1 is 1.14 bits per heavy atom. The molecule has 114 valence electrons. The van der Waals surface area contributed by atoms with Crippen molar-refractivity contribution in [1.29, 1.82) is 0 Å². The number of phenols is 1. The van der Waals surface area contributed by atoms with Crippen molar-refractivity contribution in [3.05, 3.63) is 24.3 Å². The van der Waals surface area contributed by atoms with E-state index in [-0.39, 0.29) is 24.1 Å². The number of aromatic hydroxyl groups is 1. The van der Waals surface area contributed by atoms with Gasteiger partial charge in [0.15, 0.2) is 0 Å². The van der Waals surface area contributed by atoms with Gasteiger partial charge in [0, 0.05) is 11.6 Å². The van der Waals surface area contributed by atoms with Crippen molar-refractivity contribution >= 4 is 17.6 Å². The number of hydrogen-bond acceptors (Lipinski definition) is 3. The second-order valence-electron chi connectivity index (χ2n) is 5.79. The minimum absolute atomic E-state index is 0.0907. The van der Waals surface area contributed by atoms with Gasteiger partial charge in [0.25, 0.3) is 0 Å². The first-order valence-corrected chi connectivity index (χ1v) is 7.29. The number of anilines is 1. The van der Waals surface area contributed by atoms with Gasteiger partial charge in [-0.2, -0.15) is 0 Å². The molecule has 0 aromatic heterocycles. The molecule has 0 atom stereocenters. The molecule has 0 bridgehead atoms. The molecule has 5 nitrogen and oxygen atoms in total. The van der Waals surface area contributed by atoms with E-state index >= 15 is 0 Å². The van der Waals surface area contributed by atoms with Crippen LogP contribution < -0.4 is 4.90 Å². The van der Waals surface area contributed by atoms with Gasteiger partial charge in [-0.05, 0) is 55.9 Å². The van der Waals surface area contributed by atoms with Crippen LogP contribution in [0.5, 0.6) is 5.75 Å². The molecule has 21 heavy (non-hydrogen) atoms. The van der Waals surface area contributed by atoms with Crippen molar-refractivity contribution in [2.45, 2.75) is 32.6 Å². The van der Waals surface area contributed by atoms with E-state index in [9.17, 15) is 14.7 Å². The Morgan fingerprint density at radius 2 is 1.71 bits per heavy atom. The van der Waals surface area contributed by atoms with Crippen LogP contribution in [0.3, 0.4) is 0 Å². The predicted octanol–water partition coefficient (Wildman–Crippen LogP) is 2.64. The van der Waals surface area contributed by atoms with Gasteiger partial charge >= 0.3 is 5.97 Å². The number of nitrogens with zero attached hydrogens (tertiary/aromatic N) is 1. The van der Waals surface area contributed by atoms with Crippen LogP contribution in [0.2, 0.25) is 0 Å². The van der Waals surface area contributed by atoms with Crippen molar-refractivity contribution in [2.75, 3.05) is 11.4 Å². The average Bonchev–Trinajstić information content (AvgIpc) is 2.46. The van der Waals surface area contributed by atoms with Gasteiger partial charge in [-0.15, -0.1) is 0 Å². The molecule has 2 rings (SSSR count). The summed E-state index contributed by atoms with van der Waals surface area (Å²) in [4.78, 5) is 25.0. The molecule has 0 heterocycles. The third kappa shape index (κ3) is 3.97. The molecule has 0 unspecified atom stereocenters. The summed E-state index contributed by atoms with van der Waals surface area (Å²) in [6.45, 7) is 1.82. The van der Waals surface area contributed by atoms with E-state index in [0.29, 0.717) is 11.6 Å². The quantitative estimate of drug-likeness (QED) is 0.894. The molecule has 1 fully saturated rings. The van der Waals surface area contributed by atoms with Gasteiger partial charge in [-0.1, -0.05) is 6.92 Å². The van der Waals surface area contributed by atoms with Crippen molar-refractivity contribution in [3.63, 3.8) is 0 Å². The molecular weight excluding hydrogens is 270 g/mol. The molecule has 2 N–H and O–H groups in total. The van der Waals surface area contributed by atoms with Crippen LogP contribution in [-0.2, 0) is 9.59 Å². The monoisotopic (exact) mass is 291 g/mol. The third-order valence-electron chi connectivity index (χ3n) is 4.09. The number of aliphatic carboxylic acids is 1. The Hall–Kier alpha value is -2.04. The highest BCUT2D eigenvalue weighted by Crippen LogP contribution is 2.31. The lowest BCUT2D eigenvalue weighted by atomic mass is 9.82. The van der Waals surface area contributed by atoms with Gasteiger partial charge in [0.05, 0.1) is 0 Å². The van der Waals surface area contributed by atoms with Crippen molar-refractivity contribution in [2.24, 2.45) is 11.8 Å². The fraction of sp³-hybridized carbons (Fsp3) is 0.500. The molecule has 1 saturated carbocycles. The number of carbonyl (C=O) groups is 2. The summed E-state index contributed by atoms with van der Waals surface area (Å²) < 4.78 is 0. The van der Waals surface area contributed by atoms with E-state index in [1.54, 1.807) is 12.1 Å². The maximum atomic E-state index is 12.6. The number of benzene rings is 1. The molecule has 0 aliphatic heterocycles. The van der Waals surface area contributed by atoms with Gasteiger partial charge in [0.1, 0.15) is 12.3 Å². The molecule has 5 heteroatoms. The summed E-state index contributed by atoms with van der Waals surface area (Å²) in [6.07, 6.45) is 3.64. The number of amides is 1. The standard InChI is InChI=1S/C16H21NO4/c1-11-2-4-12(5-3-11)16(21)17(10-15(19)20)13-6-8-14(18)9-7-13/h6-9,11-12,18H,2-5,10H2,1H3,(H,19,20). The molecule has 1 aromatic carbocycles. The smallest absolute Gasteiger partial charge is 0.323 e. The van der Waals surface area contributed by atoms with Gasteiger partial charge in [-0.25, -0.2) is 0 Å². The largest absolute Gasteiger partial charge is 0.508 e. The summed E-state index contributed by atoms with van der Waals surface area (Å²) in [5.74, 6) is -0.548. The SMILES string of the molecule is CC1CCC(C(=O)N(CC(=O)O)c2ccc(O)cc2)CC1. The fourth-order valence-electron chi connectivity index (χ4n) is 2.79. The van der Waals surface area contributed by atoms with Gasteiger partial charge in [-0.3, -0.25) is 9.59 Å². The molecule has 0 spiro atoms. The number of rotatable bonds is 4. The van der Waals surface area contributed by atoms with Crippen LogP contribution in [0.25, 0.3) is 0 Å². The first-order valence-electron chi connectivity index (χ1n) is 7.29. The minimum atomic E-state index is -1.04. The third-order valence-corrected chi connectivity index (χ3v) is 4.09. The Bertz CT molecular complexity index is 504. The van der Waals surface area contributed by atoms with Gasteiger partial charge in [0.2, 0.25) is 5.91 Å². The normalized spacial score (nSPS) is 21.8. The molecule has 1 aliphatic carbocycles. The van der Waals surface area contributed by atoms with E-state index in [1.807, 2.05) is 0 Å². The Labute approximate surface area is 124 Å². The highest BCUT2D eigenvalue weighted by atomic mass is 16.4. The second kappa shape index (κ2) is 6.61. The Morgan fingerprint density at radius 3 is 2.24 bits per heavy atom. The summed E-state index contributed by atoms with van der Waals surface area (Å²) in [6, 6.07) is 6.06. The van der Waals surface area contributed by atoms with Crippen molar-refractivity contribution in [3.8, 4) is 5.75 Å². The zero-order valence-electron chi connectivity index (χ0n) is 12.2. The zero-order chi connectivity index (χ0) is 15.4. The number of hydrogen-bond donors (Lipinski definition) is 2. The maximum Gasteiger partial charge on any atom is 0.323 e.